The molecule has 38 valence electrons. The smallest absolute Gasteiger partial charge is 0.0689 e. The lowest BCUT2D eigenvalue weighted by atomic mass is 10.1. The minimum atomic E-state index is 0.0556. The van der Waals surface area contributed by atoms with Crippen molar-refractivity contribution in [3.05, 3.63) is 0 Å². The number of hydrogen-bond acceptors (Lipinski definition) is 1. The molecule has 0 bridgehead atoms. The van der Waals surface area contributed by atoms with E-state index in [4.69, 9.17) is 5.26 Å². The summed E-state index contributed by atoms with van der Waals surface area (Å²) in [5.74, 6) is 0.650. The van der Waals surface area contributed by atoms with Gasteiger partial charge >= 0.3 is 0 Å². The number of hydrogen-bond donors (Lipinski definition) is 0. The van der Waals surface area contributed by atoms with Crippen molar-refractivity contribution in [3.8, 4) is 6.07 Å². The first-order valence-corrected chi connectivity index (χ1v) is 2.60. The van der Waals surface area contributed by atoms with Crippen molar-refractivity contribution in [1.29, 1.82) is 5.26 Å². The van der Waals surface area contributed by atoms with Crippen molar-refractivity contribution in [2.24, 2.45) is 11.3 Å². The SMILES string of the molecule is C[C@@H]1C[C@@]1(C)C#N. The van der Waals surface area contributed by atoms with Crippen molar-refractivity contribution in [3.63, 3.8) is 0 Å². The Bertz CT molecular complexity index is 123. The van der Waals surface area contributed by atoms with Gasteiger partial charge in [0.1, 0.15) is 0 Å². The fraction of sp³-hybridized carbons (Fsp3) is 0.833. The maximum atomic E-state index is 8.39. The van der Waals surface area contributed by atoms with Gasteiger partial charge in [-0.2, -0.15) is 5.26 Å². The lowest BCUT2D eigenvalue weighted by molar-refractivity contribution is 0.680. The van der Waals surface area contributed by atoms with Crippen molar-refractivity contribution in [2.75, 3.05) is 0 Å². The van der Waals surface area contributed by atoms with Crippen LogP contribution in [0.4, 0.5) is 0 Å². The first-order valence-electron chi connectivity index (χ1n) is 2.60. The Morgan fingerprint density at radius 3 is 2.29 bits per heavy atom. The van der Waals surface area contributed by atoms with Crippen LogP contribution in [0.1, 0.15) is 20.3 Å². The average Bonchev–Trinajstić information content (AvgIpc) is 2.18. The first kappa shape index (κ1) is 4.64. The molecule has 0 N–H and O–H groups in total. The highest BCUT2D eigenvalue weighted by Gasteiger charge is 2.46. The highest BCUT2D eigenvalue weighted by Crippen LogP contribution is 2.50. The van der Waals surface area contributed by atoms with E-state index in [0.717, 1.165) is 6.42 Å². The fourth-order valence-corrected chi connectivity index (χ4v) is 0.733. The molecular weight excluding hydrogens is 86.1 g/mol. The Labute approximate surface area is 44.0 Å². The molecule has 7 heavy (non-hydrogen) atoms. The molecule has 1 aliphatic rings. The molecular formula is C6H9N. The van der Waals surface area contributed by atoms with Gasteiger partial charge < -0.3 is 0 Å². The normalized spacial score (nSPS) is 47.9. The van der Waals surface area contributed by atoms with Crippen LogP contribution in [0.15, 0.2) is 0 Å². The van der Waals surface area contributed by atoms with E-state index < -0.39 is 0 Å². The van der Waals surface area contributed by atoms with Gasteiger partial charge in [-0.25, -0.2) is 0 Å². The number of rotatable bonds is 0. The number of nitrogens with zero attached hydrogens (tertiary/aromatic N) is 1. The summed E-state index contributed by atoms with van der Waals surface area (Å²) in [5.41, 5.74) is 0.0556. The van der Waals surface area contributed by atoms with Gasteiger partial charge in [-0.1, -0.05) is 6.92 Å². The maximum Gasteiger partial charge on any atom is 0.0689 e. The molecule has 0 radical (unpaired) electrons. The van der Waals surface area contributed by atoms with Crippen LogP contribution in [0.3, 0.4) is 0 Å². The molecule has 0 amide bonds. The molecule has 0 spiro atoms. The minimum Gasteiger partial charge on any atom is -0.198 e. The molecule has 1 nitrogen and oxygen atoms in total. The van der Waals surface area contributed by atoms with E-state index in [1.165, 1.54) is 0 Å². The fourth-order valence-electron chi connectivity index (χ4n) is 0.733. The van der Waals surface area contributed by atoms with Crippen LogP contribution in [0, 0.1) is 22.7 Å². The molecule has 2 atom stereocenters. The summed E-state index contributed by atoms with van der Waals surface area (Å²) in [7, 11) is 0. The second kappa shape index (κ2) is 1.01. The molecule has 0 aromatic carbocycles. The van der Waals surface area contributed by atoms with Crippen LogP contribution < -0.4 is 0 Å². The van der Waals surface area contributed by atoms with E-state index in [1.807, 2.05) is 6.92 Å². The van der Waals surface area contributed by atoms with E-state index in [-0.39, 0.29) is 5.41 Å². The van der Waals surface area contributed by atoms with Crippen molar-refractivity contribution in [1.82, 2.24) is 0 Å². The largest absolute Gasteiger partial charge is 0.198 e. The van der Waals surface area contributed by atoms with Crippen molar-refractivity contribution in [2.45, 2.75) is 20.3 Å². The minimum absolute atomic E-state index is 0.0556. The molecule has 1 saturated carbocycles. The summed E-state index contributed by atoms with van der Waals surface area (Å²) in [6, 6.07) is 2.27. The Hall–Kier alpha value is -0.510. The van der Waals surface area contributed by atoms with E-state index >= 15 is 0 Å². The zero-order valence-corrected chi connectivity index (χ0v) is 4.73. The highest BCUT2D eigenvalue weighted by atomic mass is 14.5. The van der Waals surface area contributed by atoms with Gasteiger partial charge in [-0.3, -0.25) is 0 Å². The van der Waals surface area contributed by atoms with Gasteiger partial charge in [0.15, 0.2) is 0 Å². The highest BCUT2D eigenvalue weighted by molar-refractivity contribution is 5.11. The van der Waals surface area contributed by atoms with Crippen molar-refractivity contribution >= 4 is 0 Å². The zero-order chi connectivity index (χ0) is 5.49. The third-order valence-electron chi connectivity index (χ3n) is 1.91. The van der Waals surface area contributed by atoms with Crippen LogP contribution in [-0.2, 0) is 0 Å². The quantitative estimate of drug-likeness (QED) is 0.448. The van der Waals surface area contributed by atoms with Gasteiger partial charge in [-0.05, 0) is 19.3 Å². The monoisotopic (exact) mass is 95.1 g/mol. The van der Waals surface area contributed by atoms with E-state index in [0.29, 0.717) is 5.92 Å². The summed E-state index contributed by atoms with van der Waals surface area (Å²) in [4.78, 5) is 0. The van der Waals surface area contributed by atoms with Crippen LogP contribution in [0.25, 0.3) is 0 Å². The molecule has 1 aliphatic carbocycles. The molecule has 0 saturated heterocycles. The summed E-state index contributed by atoms with van der Waals surface area (Å²) >= 11 is 0. The van der Waals surface area contributed by atoms with Gasteiger partial charge in [-0.15, -0.1) is 0 Å². The van der Waals surface area contributed by atoms with Crippen LogP contribution in [0.5, 0.6) is 0 Å². The molecule has 0 aromatic heterocycles. The maximum absolute atomic E-state index is 8.39. The van der Waals surface area contributed by atoms with E-state index in [9.17, 15) is 0 Å². The summed E-state index contributed by atoms with van der Waals surface area (Å²) in [5, 5.41) is 8.39. The molecule has 1 fully saturated rings. The lowest BCUT2D eigenvalue weighted by Crippen LogP contribution is -1.87. The van der Waals surface area contributed by atoms with Gasteiger partial charge in [0, 0.05) is 0 Å². The number of nitriles is 1. The van der Waals surface area contributed by atoms with E-state index in [2.05, 4.69) is 13.0 Å². The topological polar surface area (TPSA) is 23.8 Å². The average molecular weight is 95.1 g/mol. The van der Waals surface area contributed by atoms with Gasteiger partial charge in [0.2, 0.25) is 0 Å². The summed E-state index contributed by atoms with van der Waals surface area (Å²) in [6.45, 7) is 4.13. The van der Waals surface area contributed by atoms with Crippen molar-refractivity contribution < 1.29 is 0 Å². The first-order chi connectivity index (χ1) is 3.19. The predicted molar refractivity (Wildman–Crippen MR) is 27.5 cm³/mol. The zero-order valence-electron chi connectivity index (χ0n) is 4.73. The third kappa shape index (κ3) is 0.507. The summed E-state index contributed by atoms with van der Waals surface area (Å²) < 4.78 is 0. The Kier molecular flexibility index (Phi) is 0.667. The second-order valence-corrected chi connectivity index (χ2v) is 2.63. The van der Waals surface area contributed by atoms with E-state index in [1.54, 1.807) is 0 Å². The molecule has 0 aromatic rings. The molecule has 0 unspecified atom stereocenters. The third-order valence-corrected chi connectivity index (χ3v) is 1.91. The van der Waals surface area contributed by atoms with Crippen LogP contribution >= 0.6 is 0 Å². The Morgan fingerprint density at radius 2 is 2.29 bits per heavy atom. The molecule has 0 aliphatic heterocycles. The standard InChI is InChI=1S/C6H9N/c1-5-3-6(5,2)4-7/h5H,3H2,1-2H3/t5-,6+/m1/s1. The second-order valence-electron chi connectivity index (χ2n) is 2.63. The molecule has 0 heterocycles. The van der Waals surface area contributed by atoms with Crippen LogP contribution in [-0.4, -0.2) is 0 Å². The van der Waals surface area contributed by atoms with Gasteiger partial charge in [0.05, 0.1) is 11.5 Å². The summed E-state index contributed by atoms with van der Waals surface area (Å²) in [6.07, 6.45) is 1.10. The lowest BCUT2D eigenvalue weighted by Gasteiger charge is -1.88. The molecule has 1 heteroatoms. The molecule has 1 rings (SSSR count). The Morgan fingerprint density at radius 1 is 1.86 bits per heavy atom. The van der Waals surface area contributed by atoms with Gasteiger partial charge in [0.25, 0.3) is 0 Å². The Balaban J connectivity index is 2.57. The van der Waals surface area contributed by atoms with Crippen LogP contribution in [0.2, 0.25) is 0 Å². The predicted octanol–water partition coefficient (Wildman–Crippen LogP) is 1.56.